The molecule has 1 aliphatic rings. The molecule has 1 saturated heterocycles. The zero-order valence-corrected chi connectivity index (χ0v) is 14.1. The zero-order chi connectivity index (χ0) is 18.7. The molecule has 1 fully saturated rings. The first-order valence-corrected chi connectivity index (χ1v) is 7.99. The molecule has 1 aromatic carbocycles. The van der Waals surface area contributed by atoms with Gasteiger partial charge in [0.15, 0.2) is 11.5 Å². The summed E-state index contributed by atoms with van der Waals surface area (Å²) in [5, 5.41) is 0. The number of hydrogen-bond acceptors (Lipinski definition) is 4. The van der Waals surface area contributed by atoms with Gasteiger partial charge in [-0.05, 0) is 17.7 Å². The Labute approximate surface area is 149 Å². The third-order valence-electron chi connectivity index (χ3n) is 4.12. The molecule has 3 rings (SSSR count). The van der Waals surface area contributed by atoms with Crippen LogP contribution in [-0.4, -0.2) is 53.3 Å². The highest BCUT2D eigenvalue weighted by atomic mass is 19.1. The Morgan fingerprint density at radius 1 is 1.27 bits per heavy atom. The summed E-state index contributed by atoms with van der Waals surface area (Å²) < 4.78 is 31.8. The molecule has 0 N–H and O–H groups in total. The maximum Gasteiger partial charge on any atom is 0.276 e. The first-order chi connectivity index (χ1) is 12.5. The number of carbonyl (C=O) groups is 2. The van der Waals surface area contributed by atoms with Crippen LogP contribution in [0.25, 0.3) is 0 Å². The Morgan fingerprint density at radius 2 is 2.08 bits per heavy atom. The molecule has 0 atom stereocenters. The average molecular weight is 361 g/mol. The van der Waals surface area contributed by atoms with Crippen LogP contribution in [0, 0.1) is 11.6 Å². The molecule has 2 amide bonds. The number of piperazine rings is 1. The number of methoxy groups -OCH3 is 1. The molecule has 8 heteroatoms. The van der Waals surface area contributed by atoms with Gasteiger partial charge in [-0.1, -0.05) is 12.1 Å². The molecule has 136 valence electrons. The van der Waals surface area contributed by atoms with Crippen molar-refractivity contribution in [3.05, 3.63) is 59.4 Å². The first kappa shape index (κ1) is 17.8. The molecule has 0 bridgehead atoms. The quantitative estimate of drug-likeness (QED) is 0.834. The second-order valence-corrected chi connectivity index (χ2v) is 5.88. The van der Waals surface area contributed by atoms with Crippen molar-refractivity contribution in [2.45, 2.75) is 6.54 Å². The topological polar surface area (TPSA) is 62.7 Å². The van der Waals surface area contributed by atoms with Crippen LogP contribution in [-0.2, 0) is 11.3 Å². The summed E-state index contributed by atoms with van der Waals surface area (Å²) in [7, 11) is 1.57. The number of ether oxygens (including phenoxy) is 1. The highest BCUT2D eigenvalue weighted by molar-refractivity contribution is 5.95. The number of hydrogen-bond donors (Lipinski definition) is 0. The van der Waals surface area contributed by atoms with Gasteiger partial charge in [-0.25, -0.2) is 13.8 Å². The van der Waals surface area contributed by atoms with Crippen LogP contribution in [0.1, 0.15) is 16.1 Å². The minimum Gasteiger partial charge on any atom is -0.497 e. The molecule has 0 spiro atoms. The van der Waals surface area contributed by atoms with Crippen molar-refractivity contribution in [3.63, 3.8) is 0 Å². The van der Waals surface area contributed by atoms with Gasteiger partial charge < -0.3 is 14.5 Å². The van der Waals surface area contributed by atoms with Crippen molar-refractivity contribution in [2.75, 3.05) is 26.7 Å². The molecule has 0 saturated carbocycles. The predicted octanol–water partition coefficient (Wildman–Crippen LogP) is 1.85. The number of pyridine rings is 1. The van der Waals surface area contributed by atoms with E-state index in [1.54, 1.807) is 12.0 Å². The monoisotopic (exact) mass is 361 g/mol. The molecule has 0 aliphatic carbocycles. The van der Waals surface area contributed by atoms with Crippen LogP contribution in [0.3, 0.4) is 0 Å². The van der Waals surface area contributed by atoms with Gasteiger partial charge in [0.05, 0.1) is 13.3 Å². The summed E-state index contributed by atoms with van der Waals surface area (Å²) in [4.78, 5) is 31.0. The number of nitrogens with zero attached hydrogens (tertiary/aromatic N) is 3. The second-order valence-electron chi connectivity index (χ2n) is 5.88. The van der Waals surface area contributed by atoms with Gasteiger partial charge in [0, 0.05) is 25.7 Å². The predicted molar refractivity (Wildman–Crippen MR) is 88.5 cm³/mol. The smallest absolute Gasteiger partial charge is 0.276 e. The lowest BCUT2D eigenvalue weighted by molar-refractivity contribution is -0.135. The Kier molecular flexibility index (Phi) is 5.11. The van der Waals surface area contributed by atoms with E-state index in [1.807, 2.05) is 24.3 Å². The standard InChI is InChI=1S/C18H17F2N3O3/c1-26-14-4-2-3-12(7-14)10-22-5-6-23(11-16(22)24)18(25)17-15(20)8-13(19)9-21-17/h2-4,7-9H,5-6,10-11H2,1H3. The normalized spacial score (nSPS) is 14.5. The van der Waals surface area contributed by atoms with Gasteiger partial charge in [-0.3, -0.25) is 9.59 Å². The number of carbonyl (C=O) groups excluding carboxylic acids is 2. The summed E-state index contributed by atoms with van der Waals surface area (Å²) in [5.41, 5.74) is 0.421. The van der Waals surface area contributed by atoms with E-state index >= 15 is 0 Å². The van der Waals surface area contributed by atoms with Crippen LogP contribution in [0.2, 0.25) is 0 Å². The SMILES string of the molecule is COc1cccc(CN2CCN(C(=O)c3ncc(F)cc3F)CC2=O)c1. The summed E-state index contributed by atoms with van der Waals surface area (Å²) >= 11 is 0. The molecule has 26 heavy (non-hydrogen) atoms. The Hall–Kier alpha value is -3.03. The second kappa shape index (κ2) is 7.47. The summed E-state index contributed by atoms with van der Waals surface area (Å²) in [5.74, 6) is -2.19. The molecule has 0 unspecified atom stereocenters. The van der Waals surface area contributed by atoms with Crippen molar-refractivity contribution in [2.24, 2.45) is 0 Å². The lowest BCUT2D eigenvalue weighted by Gasteiger charge is -2.34. The number of benzene rings is 1. The number of aromatic nitrogens is 1. The third kappa shape index (κ3) is 3.79. The lowest BCUT2D eigenvalue weighted by Crippen LogP contribution is -2.52. The van der Waals surface area contributed by atoms with Gasteiger partial charge in [0.2, 0.25) is 5.91 Å². The fourth-order valence-corrected chi connectivity index (χ4v) is 2.76. The molecular weight excluding hydrogens is 344 g/mol. The fraction of sp³-hybridized carbons (Fsp3) is 0.278. The Morgan fingerprint density at radius 3 is 2.77 bits per heavy atom. The zero-order valence-electron chi connectivity index (χ0n) is 14.1. The van der Waals surface area contributed by atoms with Gasteiger partial charge in [-0.15, -0.1) is 0 Å². The van der Waals surface area contributed by atoms with E-state index in [9.17, 15) is 18.4 Å². The third-order valence-corrected chi connectivity index (χ3v) is 4.12. The first-order valence-electron chi connectivity index (χ1n) is 7.99. The van der Waals surface area contributed by atoms with Crippen molar-refractivity contribution >= 4 is 11.8 Å². The van der Waals surface area contributed by atoms with Crippen LogP contribution < -0.4 is 4.74 Å². The minimum atomic E-state index is -1.04. The van der Waals surface area contributed by atoms with Gasteiger partial charge >= 0.3 is 0 Å². The lowest BCUT2D eigenvalue weighted by atomic mass is 10.1. The van der Waals surface area contributed by atoms with Gasteiger partial charge in [0.25, 0.3) is 5.91 Å². The Bertz CT molecular complexity index is 844. The van der Waals surface area contributed by atoms with Crippen LogP contribution in [0.5, 0.6) is 5.75 Å². The molecule has 2 heterocycles. The van der Waals surface area contributed by atoms with Crippen molar-refractivity contribution in [3.8, 4) is 5.75 Å². The highest BCUT2D eigenvalue weighted by Crippen LogP contribution is 2.17. The molecule has 0 radical (unpaired) electrons. The van der Waals surface area contributed by atoms with Gasteiger partial charge in [-0.2, -0.15) is 0 Å². The van der Waals surface area contributed by atoms with E-state index in [0.29, 0.717) is 24.9 Å². The maximum atomic E-state index is 13.7. The van der Waals surface area contributed by atoms with E-state index in [2.05, 4.69) is 4.98 Å². The van der Waals surface area contributed by atoms with E-state index in [0.717, 1.165) is 11.8 Å². The van der Waals surface area contributed by atoms with Crippen molar-refractivity contribution in [1.29, 1.82) is 0 Å². The summed E-state index contributed by atoms with van der Waals surface area (Å²) in [6.07, 6.45) is 0.775. The fourth-order valence-electron chi connectivity index (χ4n) is 2.76. The number of halogens is 2. The van der Waals surface area contributed by atoms with Crippen LogP contribution >= 0.6 is 0 Å². The highest BCUT2D eigenvalue weighted by Gasteiger charge is 2.29. The summed E-state index contributed by atoms with van der Waals surface area (Å²) in [6, 6.07) is 7.96. The Balaban J connectivity index is 1.66. The van der Waals surface area contributed by atoms with E-state index < -0.39 is 23.2 Å². The molecule has 6 nitrogen and oxygen atoms in total. The minimum absolute atomic E-state index is 0.179. The maximum absolute atomic E-state index is 13.7. The molecule has 2 aromatic rings. The van der Waals surface area contributed by atoms with Crippen molar-refractivity contribution < 1.29 is 23.1 Å². The van der Waals surface area contributed by atoms with E-state index in [1.165, 1.54) is 4.90 Å². The molecular formula is C18H17F2N3O3. The summed E-state index contributed by atoms with van der Waals surface area (Å²) in [6.45, 7) is 0.764. The number of amides is 2. The molecule has 1 aliphatic heterocycles. The van der Waals surface area contributed by atoms with Gasteiger partial charge in [0.1, 0.15) is 18.1 Å². The average Bonchev–Trinajstić information content (AvgIpc) is 2.63. The van der Waals surface area contributed by atoms with Crippen molar-refractivity contribution in [1.82, 2.24) is 14.8 Å². The number of rotatable bonds is 4. The van der Waals surface area contributed by atoms with Crippen LogP contribution in [0.4, 0.5) is 8.78 Å². The molecule has 1 aromatic heterocycles. The largest absolute Gasteiger partial charge is 0.497 e. The van der Waals surface area contributed by atoms with E-state index in [4.69, 9.17) is 4.74 Å². The van der Waals surface area contributed by atoms with Crippen LogP contribution in [0.15, 0.2) is 36.5 Å². The van der Waals surface area contributed by atoms with E-state index in [-0.39, 0.29) is 19.0 Å².